The molecule has 0 atom stereocenters. The highest BCUT2D eigenvalue weighted by Crippen LogP contribution is 2.24. The van der Waals surface area contributed by atoms with Gasteiger partial charge < -0.3 is 15.4 Å². The van der Waals surface area contributed by atoms with Gasteiger partial charge in [0.25, 0.3) is 0 Å². The maximum absolute atomic E-state index is 5.29. The number of nitrogens with zero attached hydrogens (tertiary/aromatic N) is 1. The molecule has 1 aromatic heterocycles. The number of nitrogens with one attached hydrogen (secondary N) is 2. The molecule has 0 aliphatic carbocycles. The van der Waals surface area contributed by atoms with E-state index in [0.29, 0.717) is 5.11 Å². The normalized spacial score (nSPS) is 10.8. The zero-order valence-corrected chi connectivity index (χ0v) is 15.8. The Balaban J connectivity index is 1.54. The van der Waals surface area contributed by atoms with Crippen molar-refractivity contribution < 1.29 is 4.74 Å². The molecule has 0 unspecified atom stereocenters. The minimum atomic E-state index is 0.634. The summed E-state index contributed by atoms with van der Waals surface area (Å²) in [6, 6.07) is 16.6. The summed E-state index contributed by atoms with van der Waals surface area (Å²) in [4.78, 5) is 4.69. The third kappa shape index (κ3) is 5.22. The Morgan fingerprint density at radius 2 is 1.96 bits per heavy atom. The van der Waals surface area contributed by atoms with E-state index in [1.54, 1.807) is 18.4 Å². The van der Waals surface area contributed by atoms with Crippen molar-refractivity contribution in [3.05, 3.63) is 59.1 Å². The number of benzene rings is 2. The van der Waals surface area contributed by atoms with Gasteiger partial charge in [-0.25, -0.2) is 4.98 Å². The molecule has 2 aromatic carbocycles. The largest absolute Gasteiger partial charge is 0.385 e. The lowest BCUT2D eigenvalue weighted by atomic mass is 10.1. The molecular formula is C19H21N3OS2. The Bertz CT molecular complexity index is 797. The second-order valence-corrected chi connectivity index (χ2v) is 7.20. The maximum atomic E-state index is 5.29. The third-order valence-corrected chi connectivity index (χ3v) is 5.00. The van der Waals surface area contributed by atoms with E-state index >= 15 is 0 Å². The number of aromatic nitrogens is 1. The molecule has 0 aliphatic rings. The zero-order chi connectivity index (χ0) is 17.5. The van der Waals surface area contributed by atoms with Crippen LogP contribution >= 0.6 is 23.6 Å². The highest BCUT2D eigenvalue weighted by atomic mass is 32.1. The van der Waals surface area contributed by atoms with Gasteiger partial charge in [0.05, 0.1) is 15.2 Å². The fraction of sp³-hybridized carbons (Fsp3) is 0.263. The van der Waals surface area contributed by atoms with Gasteiger partial charge in [0.1, 0.15) is 0 Å². The second-order valence-electron chi connectivity index (χ2n) is 5.68. The summed E-state index contributed by atoms with van der Waals surface area (Å²) in [6.45, 7) is 1.53. The summed E-state index contributed by atoms with van der Waals surface area (Å²) in [7, 11) is 1.70. The molecule has 2 N–H and O–H groups in total. The first-order valence-electron chi connectivity index (χ1n) is 8.22. The molecule has 1 heterocycles. The van der Waals surface area contributed by atoms with Crippen LogP contribution in [0.2, 0.25) is 0 Å². The topological polar surface area (TPSA) is 46.2 Å². The van der Waals surface area contributed by atoms with Crippen molar-refractivity contribution in [3.8, 4) is 0 Å². The van der Waals surface area contributed by atoms with E-state index < -0.39 is 0 Å². The lowest BCUT2D eigenvalue weighted by Gasteiger charge is -2.10. The van der Waals surface area contributed by atoms with Gasteiger partial charge in [-0.15, -0.1) is 11.3 Å². The van der Waals surface area contributed by atoms with Crippen molar-refractivity contribution in [1.29, 1.82) is 0 Å². The molecule has 0 fully saturated rings. The van der Waals surface area contributed by atoms with Crippen LogP contribution in [0.1, 0.15) is 17.0 Å². The minimum absolute atomic E-state index is 0.634. The average molecular weight is 372 g/mol. The van der Waals surface area contributed by atoms with Crippen LogP contribution in [0.3, 0.4) is 0 Å². The molecule has 4 nitrogen and oxygen atoms in total. The van der Waals surface area contributed by atoms with Gasteiger partial charge in [-0.3, -0.25) is 0 Å². The van der Waals surface area contributed by atoms with Gasteiger partial charge in [-0.1, -0.05) is 24.3 Å². The van der Waals surface area contributed by atoms with Crippen LogP contribution in [-0.4, -0.2) is 30.4 Å². The lowest BCUT2D eigenvalue weighted by Crippen LogP contribution is -2.29. The summed E-state index contributed by atoms with van der Waals surface area (Å²) in [6.07, 6.45) is 1.78. The third-order valence-electron chi connectivity index (χ3n) is 3.72. The first-order valence-corrected chi connectivity index (χ1v) is 9.44. The molecule has 130 valence electrons. The number of rotatable bonds is 7. The van der Waals surface area contributed by atoms with E-state index in [0.717, 1.165) is 42.2 Å². The van der Waals surface area contributed by atoms with Crippen molar-refractivity contribution in [2.45, 2.75) is 12.8 Å². The number of anilines is 1. The Labute approximate surface area is 157 Å². The van der Waals surface area contributed by atoms with E-state index in [-0.39, 0.29) is 0 Å². The number of methoxy groups -OCH3 is 1. The van der Waals surface area contributed by atoms with Crippen LogP contribution in [0.25, 0.3) is 10.2 Å². The van der Waals surface area contributed by atoms with E-state index in [9.17, 15) is 0 Å². The Hall–Kier alpha value is -2.02. The fourth-order valence-corrected chi connectivity index (χ4v) is 3.69. The predicted octanol–water partition coefficient (Wildman–Crippen LogP) is 4.21. The summed E-state index contributed by atoms with van der Waals surface area (Å²) in [5.74, 6) is 0. The summed E-state index contributed by atoms with van der Waals surface area (Å²) >= 11 is 7.04. The molecule has 3 aromatic rings. The summed E-state index contributed by atoms with van der Waals surface area (Å²) in [5.41, 5.74) is 3.30. The molecule has 0 bridgehead atoms. The molecule has 3 rings (SSSR count). The highest BCUT2D eigenvalue weighted by molar-refractivity contribution is 7.80. The smallest absolute Gasteiger partial charge is 0.170 e. The number of fused-ring (bicyclic) bond motifs is 1. The maximum Gasteiger partial charge on any atom is 0.170 e. The van der Waals surface area contributed by atoms with Gasteiger partial charge in [0.15, 0.2) is 5.11 Å². The first-order chi connectivity index (χ1) is 12.2. The molecule has 0 saturated carbocycles. The Kier molecular flexibility index (Phi) is 6.33. The first kappa shape index (κ1) is 17.8. The van der Waals surface area contributed by atoms with Crippen LogP contribution in [-0.2, 0) is 11.2 Å². The van der Waals surface area contributed by atoms with Gasteiger partial charge in [-0.05, 0) is 48.5 Å². The minimum Gasteiger partial charge on any atom is -0.385 e. The van der Waals surface area contributed by atoms with Crippen molar-refractivity contribution >= 4 is 44.6 Å². The van der Waals surface area contributed by atoms with Gasteiger partial charge in [-0.2, -0.15) is 0 Å². The van der Waals surface area contributed by atoms with Crippen molar-refractivity contribution in [2.75, 3.05) is 25.6 Å². The average Bonchev–Trinajstić information content (AvgIpc) is 3.03. The summed E-state index contributed by atoms with van der Waals surface area (Å²) in [5, 5.41) is 8.14. The molecule has 0 amide bonds. The molecule has 0 saturated heterocycles. The molecule has 6 heteroatoms. The van der Waals surface area contributed by atoms with E-state index in [1.165, 1.54) is 10.3 Å². The molecule has 0 spiro atoms. The quantitative estimate of drug-likeness (QED) is 0.481. The van der Waals surface area contributed by atoms with Crippen LogP contribution in [0.5, 0.6) is 0 Å². The van der Waals surface area contributed by atoms with E-state index in [1.807, 2.05) is 18.2 Å². The van der Waals surface area contributed by atoms with E-state index in [2.05, 4.69) is 45.9 Å². The second kappa shape index (κ2) is 8.89. The van der Waals surface area contributed by atoms with Crippen molar-refractivity contribution in [1.82, 2.24) is 10.3 Å². The number of hydrogen-bond acceptors (Lipinski definition) is 4. The molecular weight excluding hydrogens is 350 g/mol. The fourth-order valence-electron chi connectivity index (χ4n) is 2.47. The number of thiazole rings is 1. The van der Waals surface area contributed by atoms with Gasteiger partial charge >= 0.3 is 0 Å². The number of ether oxygens (including phenoxy) is 1. The van der Waals surface area contributed by atoms with Gasteiger partial charge in [0, 0.05) is 32.4 Å². The van der Waals surface area contributed by atoms with Crippen molar-refractivity contribution in [3.63, 3.8) is 0 Å². The highest BCUT2D eigenvalue weighted by Gasteiger charge is 2.05. The van der Waals surface area contributed by atoms with E-state index in [4.69, 9.17) is 17.0 Å². The van der Waals surface area contributed by atoms with Crippen LogP contribution < -0.4 is 10.6 Å². The van der Waals surface area contributed by atoms with Crippen LogP contribution in [0.4, 0.5) is 5.69 Å². The summed E-state index contributed by atoms with van der Waals surface area (Å²) < 4.78 is 6.25. The van der Waals surface area contributed by atoms with Crippen molar-refractivity contribution in [2.24, 2.45) is 0 Å². The Morgan fingerprint density at radius 1 is 1.16 bits per heavy atom. The predicted molar refractivity (Wildman–Crippen MR) is 110 cm³/mol. The molecule has 0 aliphatic heterocycles. The number of thiocarbonyl (C=S) groups is 1. The molecule has 0 radical (unpaired) electrons. The zero-order valence-electron chi connectivity index (χ0n) is 14.1. The van der Waals surface area contributed by atoms with Crippen LogP contribution in [0.15, 0.2) is 48.5 Å². The lowest BCUT2D eigenvalue weighted by molar-refractivity contribution is 0.196. The SMILES string of the molecule is COCCCNC(=S)Nc1ccc(Cc2nc3ccccc3s2)cc1. The molecule has 25 heavy (non-hydrogen) atoms. The Morgan fingerprint density at radius 3 is 2.72 bits per heavy atom. The van der Waals surface area contributed by atoms with Crippen LogP contribution in [0, 0.1) is 0 Å². The monoisotopic (exact) mass is 371 g/mol. The van der Waals surface area contributed by atoms with Gasteiger partial charge in [0.2, 0.25) is 0 Å². The number of hydrogen-bond donors (Lipinski definition) is 2. The number of para-hydroxylation sites is 1. The standard InChI is InChI=1S/C19H21N3OS2/c1-23-12-4-11-20-19(24)21-15-9-7-14(8-10-15)13-18-22-16-5-2-3-6-17(16)25-18/h2-3,5-10H,4,11-13H2,1H3,(H2,20,21,24).